The minimum atomic E-state index is -4.76. The molecule has 1 amide bonds. The fourth-order valence-electron chi connectivity index (χ4n) is 13.0. The van der Waals surface area contributed by atoms with E-state index in [9.17, 15) is 32.3 Å². The highest BCUT2D eigenvalue weighted by atomic mass is 32.2. The van der Waals surface area contributed by atoms with Gasteiger partial charge in [-0.2, -0.15) is 0 Å². The Morgan fingerprint density at radius 3 is 2.43 bits per heavy atom. The normalized spacial score (nSPS) is 22.3. The van der Waals surface area contributed by atoms with Gasteiger partial charge in [0.1, 0.15) is 39.1 Å². The Balaban J connectivity index is 0.810. The van der Waals surface area contributed by atoms with Crippen LogP contribution in [0.3, 0.4) is 0 Å². The predicted octanol–water partition coefficient (Wildman–Crippen LogP) is 10.00. The SMILES string of the molecule is CC(F)Oc1ccc(CN2CCN(C3CC4(CCN(c5ccc(C(=O)NS(=O)(=O)c6cc([NH+](C)[O-])c(NCC7CCC(C)(O)CC7)c7[nH]cnc67)c(Oc6nc7c(cc6F)CC=C7F)c5)CC4)C3)[C@H](c3ccccc3C(C)C)C2)cc1. The number of carbonyl (C=O) groups excluding carboxylic acids is 1. The maximum atomic E-state index is 15.8. The summed E-state index contributed by atoms with van der Waals surface area (Å²) < 4.78 is 86.6. The Labute approximate surface area is 471 Å². The van der Waals surface area contributed by atoms with Crippen LogP contribution in [0.1, 0.15) is 129 Å². The number of H-pyrrole nitrogens is 1. The minimum Gasteiger partial charge on any atom is -0.629 e. The number of rotatable bonds is 17. The molecule has 430 valence electrons. The first kappa shape index (κ1) is 56.3. The van der Waals surface area contributed by atoms with E-state index < -0.39 is 55.4 Å². The lowest BCUT2D eigenvalue weighted by molar-refractivity contribution is -0.750. The van der Waals surface area contributed by atoms with Gasteiger partial charge in [-0.1, -0.05) is 50.2 Å². The molecule has 4 aromatic carbocycles. The van der Waals surface area contributed by atoms with Crippen molar-refractivity contribution in [3.8, 4) is 17.4 Å². The highest BCUT2D eigenvalue weighted by Crippen LogP contribution is 2.54. The highest BCUT2D eigenvalue weighted by molar-refractivity contribution is 7.90. The van der Waals surface area contributed by atoms with Gasteiger partial charge in [-0.05, 0) is 141 Å². The predicted molar refractivity (Wildman–Crippen MR) is 305 cm³/mol. The van der Waals surface area contributed by atoms with Crippen LogP contribution < -0.4 is 29.5 Å². The van der Waals surface area contributed by atoms with Crippen molar-refractivity contribution >= 4 is 49.9 Å². The molecule has 81 heavy (non-hydrogen) atoms. The standard InChI is InChI=1S/C61H72F3N9O7S/c1-37(2)45-8-6-7-9-46(45)51-35-71(34-40-10-14-44(15-11-40)79-38(3)62)26-27-73(51)43-31-61(32-43)22-24-72(25-23-61)42-13-16-47(52(29-42)80-59-49(64)28-41-12-17-48(63)54(41)68-59)58(74)69-81(77,78)53-30-50(70(5)76)55(57-56(53)66-36-67-57)65-33-39-18-20-60(4,75)21-19-39/h6-11,13-17,28-30,36-39,43,51,65,70,75H,12,18-27,31-35H2,1-5H3,(H,66,67)(H,69,74)/t38?,39?,51-,60?/m0/s1. The van der Waals surface area contributed by atoms with Crippen molar-refractivity contribution in [2.45, 2.75) is 127 Å². The van der Waals surface area contributed by atoms with Gasteiger partial charge in [0.2, 0.25) is 6.36 Å². The Hall–Kier alpha value is -6.55. The number of nitrogens with one attached hydrogen (secondary N) is 4. The van der Waals surface area contributed by atoms with E-state index in [1.165, 1.54) is 49.6 Å². The molecule has 16 nitrogen and oxygen atoms in total. The van der Waals surface area contributed by atoms with Gasteiger partial charge < -0.3 is 40.1 Å². The number of hydrogen-bond acceptors (Lipinski definition) is 13. The van der Waals surface area contributed by atoms with Crippen molar-refractivity contribution in [3.05, 3.63) is 136 Å². The molecule has 5 aliphatic rings. The lowest BCUT2D eigenvalue weighted by Gasteiger charge is -2.58. The molecule has 4 heterocycles. The second-order valence-corrected chi connectivity index (χ2v) is 25.3. The van der Waals surface area contributed by atoms with E-state index in [0.29, 0.717) is 67.1 Å². The number of quaternary nitrogens is 1. The van der Waals surface area contributed by atoms with Gasteiger partial charge in [-0.25, -0.2) is 36.3 Å². The summed E-state index contributed by atoms with van der Waals surface area (Å²) in [5.74, 6) is -2.33. The molecule has 4 fully saturated rings. The highest BCUT2D eigenvalue weighted by Gasteiger charge is 2.50. The number of aliphatic hydroxyl groups is 1. The summed E-state index contributed by atoms with van der Waals surface area (Å²) in [6.45, 7) is 13.0. The van der Waals surface area contributed by atoms with Gasteiger partial charge in [-0.15, -0.1) is 0 Å². The second-order valence-electron chi connectivity index (χ2n) is 23.7. The topological polar surface area (TPSA) is 193 Å². The van der Waals surface area contributed by atoms with Gasteiger partial charge in [-0.3, -0.25) is 14.6 Å². The number of nitrogens with zero attached hydrogens (tertiary/aromatic N) is 5. The third kappa shape index (κ3) is 11.9. The molecular weight excluding hydrogens is 1060 g/mol. The number of pyridine rings is 1. The number of benzene rings is 4. The van der Waals surface area contributed by atoms with Gasteiger partial charge in [0, 0.05) is 82.6 Å². The number of piperidine rings is 1. The summed E-state index contributed by atoms with van der Waals surface area (Å²) in [5, 5.41) is 26.6. The lowest BCUT2D eigenvalue weighted by atomic mass is 9.59. The van der Waals surface area contributed by atoms with Crippen LogP contribution in [0.15, 0.2) is 96.2 Å². The lowest BCUT2D eigenvalue weighted by Crippen LogP contribution is -2.98. The van der Waals surface area contributed by atoms with E-state index in [-0.39, 0.29) is 57.5 Å². The fraction of sp³-hybridized carbons (Fsp3) is 0.459. The van der Waals surface area contributed by atoms with Crippen molar-refractivity contribution in [3.63, 3.8) is 0 Å². The fourth-order valence-corrected chi connectivity index (χ4v) is 14.2. The molecule has 2 aromatic heterocycles. The summed E-state index contributed by atoms with van der Waals surface area (Å²) >= 11 is 0. The molecule has 0 bridgehead atoms. The quantitative estimate of drug-likeness (QED) is 0.0543. The van der Waals surface area contributed by atoms with E-state index in [2.05, 4.69) is 77.8 Å². The minimum absolute atomic E-state index is 0.00264. The molecule has 2 unspecified atom stereocenters. The third-order valence-corrected chi connectivity index (χ3v) is 18.9. The number of allylic oxidation sites excluding steroid dienone is 1. The molecule has 6 aromatic rings. The van der Waals surface area contributed by atoms with Crippen LogP contribution in [0.2, 0.25) is 0 Å². The van der Waals surface area contributed by atoms with Crippen molar-refractivity contribution < 1.29 is 46.0 Å². The number of hydroxylamine groups is 1. The van der Waals surface area contributed by atoms with Crippen LogP contribution in [-0.2, 0) is 23.0 Å². The van der Waals surface area contributed by atoms with E-state index >= 15 is 4.39 Å². The van der Waals surface area contributed by atoms with Gasteiger partial charge in [0.05, 0.1) is 30.1 Å². The van der Waals surface area contributed by atoms with Crippen LogP contribution in [0.4, 0.5) is 30.2 Å². The van der Waals surface area contributed by atoms with Gasteiger partial charge >= 0.3 is 0 Å². The Bertz CT molecular complexity index is 3440. The molecule has 3 atom stereocenters. The van der Waals surface area contributed by atoms with Crippen LogP contribution in [0.5, 0.6) is 17.4 Å². The number of piperazine rings is 1. The van der Waals surface area contributed by atoms with E-state index in [1.807, 2.05) is 31.2 Å². The number of halogens is 3. The summed E-state index contributed by atoms with van der Waals surface area (Å²) in [6.07, 6.45) is 8.10. The van der Waals surface area contributed by atoms with E-state index in [0.717, 1.165) is 76.3 Å². The summed E-state index contributed by atoms with van der Waals surface area (Å²) in [4.78, 5) is 32.9. The summed E-state index contributed by atoms with van der Waals surface area (Å²) in [7, 11) is -3.43. The first-order valence-corrected chi connectivity index (χ1v) is 29.8. The number of carbonyl (C=O) groups is 1. The number of fused-ring (bicyclic) bond motifs is 2. The Kier molecular flexibility index (Phi) is 15.8. The average Bonchev–Trinajstić information content (AvgIpc) is 4.21. The number of anilines is 2. The summed E-state index contributed by atoms with van der Waals surface area (Å²) in [5.41, 5.74) is 4.64. The number of sulfonamides is 1. The molecule has 11 rings (SSSR count). The second kappa shape index (κ2) is 22.7. The molecule has 2 saturated heterocycles. The zero-order valence-corrected chi connectivity index (χ0v) is 47.4. The smallest absolute Gasteiger partial charge is 0.268 e. The average molecular weight is 1130 g/mol. The molecule has 20 heteroatoms. The molecule has 2 aliphatic heterocycles. The van der Waals surface area contributed by atoms with Crippen molar-refractivity contribution in [2.24, 2.45) is 11.3 Å². The van der Waals surface area contributed by atoms with Crippen molar-refractivity contribution in [1.29, 1.82) is 0 Å². The van der Waals surface area contributed by atoms with Gasteiger partial charge in [0.15, 0.2) is 11.5 Å². The monoisotopic (exact) mass is 1130 g/mol. The third-order valence-electron chi connectivity index (χ3n) is 17.6. The number of amides is 1. The maximum absolute atomic E-state index is 15.8. The summed E-state index contributed by atoms with van der Waals surface area (Å²) in [6, 6.07) is 24.1. The molecule has 5 N–H and O–H groups in total. The first-order valence-electron chi connectivity index (χ1n) is 28.4. The number of aromatic nitrogens is 3. The zero-order valence-electron chi connectivity index (χ0n) is 46.5. The number of imidazole rings is 1. The molecule has 1 spiro atoms. The molecule has 0 radical (unpaired) electrons. The first-order chi connectivity index (χ1) is 38.7. The number of hydrogen-bond donors (Lipinski definition) is 5. The van der Waals surface area contributed by atoms with Crippen LogP contribution in [0, 0.1) is 22.4 Å². The van der Waals surface area contributed by atoms with E-state index in [4.69, 9.17) is 9.47 Å². The van der Waals surface area contributed by atoms with Crippen LogP contribution in [0.25, 0.3) is 16.9 Å². The molecule has 2 saturated carbocycles. The number of aromatic amines is 1. The number of alkyl halides is 1. The Morgan fingerprint density at radius 1 is 0.975 bits per heavy atom. The van der Waals surface area contributed by atoms with Crippen molar-refractivity contribution in [2.75, 3.05) is 56.5 Å². The molecular formula is C61H72F3N9O7S. The number of ether oxygens (including phenoxy) is 2. The zero-order chi connectivity index (χ0) is 57.0. The largest absolute Gasteiger partial charge is 0.629 e. The Morgan fingerprint density at radius 2 is 1.72 bits per heavy atom. The van der Waals surface area contributed by atoms with Gasteiger partial charge in [0.25, 0.3) is 21.8 Å². The van der Waals surface area contributed by atoms with E-state index in [1.54, 1.807) is 12.1 Å². The van der Waals surface area contributed by atoms with Crippen LogP contribution in [-0.4, -0.2) is 109 Å². The maximum Gasteiger partial charge on any atom is 0.268 e. The van der Waals surface area contributed by atoms with Crippen molar-refractivity contribution in [1.82, 2.24) is 29.5 Å². The molecule has 3 aliphatic carbocycles. The van der Waals surface area contributed by atoms with Crippen LogP contribution >= 0.6 is 0 Å².